The van der Waals surface area contributed by atoms with Crippen LogP contribution in [0.4, 0.5) is 0 Å². The zero-order valence-electron chi connectivity index (χ0n) is 9.41. The maximum atomic E-state index is 8.45. The summed E-state index contributed by atoms with van der Waals surface area (Å²) >= 11 is 0. The van der Waals surface area contributed by atoms with Crippen molar-refractivity contribution in [3.05, 3.63) is 0 Å². The SMILES string of the molecule is N#CCCCCN1C[C@@H]2CCCN[C@@H]2C1. The van der Waals surface area contributed by atoms with Gasteiger partial charge in [0.25, 0.3) is 0 Å². The normalized spacial score (nSPS) is 31.1. The Hall–Kier alpha value is -0.590. The number of nitriles is 1. The minimum absolute atomic E-state index is 0.721. The molecule has 0 bridgehead atoms. The van der Waals surface area contributed by atoms with Gasteiger partial charge in [-0.1, -0.05) is 0 Å². The second-order valence-electron chi connectivity index (χ2n) is 4.84. The molecule has 2 heterocycles. The van der Waals surface area contributed by atoms with Crippen LogP contribution in [0.1, 0.15) is 32.1 Å². The second-order valence-corrected chi connectivity index (χ2v) is 4.84. The molecule has 0 aromatic heterocycles. The van der Waals surface area contributed by atoms with Crippen molar-refractivity contribution in [2.45, 2.75) is 38.1 Å². The van der Waals surface area contributed by atoms with Gasteiger partial charge in [0.05, 0.1) is 6.07 Å². The van der Waals surface area contributed by atoms with Crippen molar-refractivity contribution in [2.75, 3.05) is 26.2 Å². The van der Waals surface area contributed by atoms with Crippen LogP contribution >= 0.6 is 0 Å². The predicted octanol–water partition coefficient (Wildman–Crippen LogP) is 1.36. The van der Waals surface area contributed by atoms with Crippen LogP contribution < -0.4 is 5.32 Å². The van der Waals surface area contributed by atoms with Crippen molar-refractivity contribution in [3.8, 4) is 6.07 Å². The van der Waals surface area contributed by atoms with E-state index in [0.29, 0.717) is 0 Å². The van der Waals surface area contributed by atoms with Crippen molar-refractivity contribution in [1.29, 1.82) is 5.26 Å². The van der Waals surface area contributed by atoms with E-state index >= 15 is 0 Å². The molecular weight excluding hydrogens is 186 g/mol. The van der Waals surface area contributed by atoms with Gasteiger partial charge in [0.1, 0.15) is 0 Å². The average Bonchev–Trinajstić information content (AvgIpc) is 2.67. The fourth-order valence-electron chi connectivity index (χ4n) is 2.86. The Kier molecular flexibility index (Phi) is 3.99. The van der Waals surface area contributed by atoms with Gasteiger partial charge in [-0.2, -0.15) is 5.26 Å². The van der Waals surface area contributed by atoms with Crippen molar-refractivity contribution >= 4 is 0 Å². The van der Waals surface area contributed by atoms with E-state index in [2.05, 4.69) is 16.3 Å². The number of nitrogens with zero attached hydrogens (tertiary/aromatic N) is 2. The molecule has 0 unspecified atom stereocenters. The molecule has 2 fully saturated rings. The summed E-state index contributed by atoms with van der Waals surface area (Å²) in [6.07, 6.45) is 5.73. The molecule has 84 valence electrons. The van der Waals surface area contributed by atoms with E-state index in [1.54, 1.807) is 0 Å². The van der Waals surface area contributed by atoms with Crippen LogP contribution in [-0.2, 0) is 0 Å². The van der Waals surface area contributed by atoms with Gasteiger partial charge in [0.2, 0.25) is 0 Å². The van der Waals surface area contributed by atoms with Gasteiger partial charge in [-0.3, -0.25) is 0 Å². The maximum Gasteiger partial charge on any atom is 0.0621 e. The van der Waals surface area contributed by atoms with E-state index in [1.807, 2.05) is 0 Å². The van der Waals surface area contributed by atoms with Crippen LogP contribution in [-0.4, -0.2) is 37.1 Å². The van der Waals surface area contributed by atoms with E-state index in [-0.39, 0.29) is 0 Å². The molecule has 0 spiro atoms. The Morgan fingerprint density at radius 1 is 1.33 bits per heavy atom. The largest absolute Gasteiger partial charge is 0.312 e. The third kappa shape index (κ3) is 2.93. The number of fused-ring (bicyclic) bond motifs is 1. The molecule has 0 aromatic rings. The summed E-state index contributed by atoms with van der Waals surface area (Å²) in [6, 6.07) is 2.97. The van der Waals surface area contributed by atoms with Gasteiger partial charge in [-0.25, -0.2) is 0 Å². The van der Waals surface area contributed by atoms with Gasteiger partial charge < -0.3 is 10.2 Å². The van der Waals surface area contributed by atoms with Gasteiger partial charge in [0, 0.05) is 25.6 Å². The van der Waals surface area contributed by atoms with Crippen LogP contribution in [0.15, 0.2) is 0 Å². The quantitative estimate of drug-likeness (QED) is 0.708. The molecule has 1 N–H and O–H groups in total. The first-order chi connectivity index (χ1) is 7.40. The van der Waals surface area contributed by atoms with Crippen molar-refractivity contribution in [3.63, 3.8) is 0 Å². The molecule has 2 rings (SSSR count). The monoisotopic (exact) mass is 207 g/mol. The summed E-state index contributed by atoms with van der Waals surface area (Å²) < 4.78 is 0. The van der Waals surface area contributed by atoms with Gasteiger partial charge >= 0.3 is 0 Å². The minimum Gasteiger partial charge on any atom is -0.312 e. The molecule has 2 atom stereocenters. The Labute approximate surface area is 92.4 Å². The van der Waals surface area contributed by atoms with E-state index < -0.39 is 0 Å². The number of nitrogens with one attached hydrogen (secondary N) is 1. The second kappa shape index (κ2) is 5.48. The first-order valence-corrected chi connectivity index (χ1v) is 6.23. The molecule has 2 aliphatic heterocycles. The summed E-state index contributed by atoms with van der Waals surface area (Å²) in [6.45, 7) is 4.92. The lowest BCUT2D eigenvalue weighted by atomic mass is 9.94. The zero-order valence-corrected chi connectivity index (χ0v) is 9.41. The highest BCUT2D eigenvalue weighted by Gasteiger charge is 2.33. The molecule has 0 radical (unpaired) electrons. The summed E-state index contributed by atoms with van der Waals surface area (Å²) in [4.78, 5) is 2.57. The highest BCUT2D eigenvalue weighted by Crippen LogP contribution is 2.24. The van der Waals surface area contributed by atoms with Crippen LogP contribution in [0.3, 0.4) is 0 Å². The van der Waals surface area contributed by atoms with Crippen LogP contribution in [0, 0.1) is 17.2 Å². The smallest absolute Gasteiger partial charge is 0.0621 e. The van der Waals surface area contributed by atoms with Gasteiger partial charge in [0.15, 0.2) is 0 Å². The Morgan fingerprint density at radius 2 is 2.27 bits per heavy atom. The molecule has 3 heteroatoms. The number of likely N-dealkylation sites (tertiary alicyclic amines) is 1. The molecule has 0 aromatic carbocycles. The Morgan fingerprint density at radius 3 is 3.07 bits per heavy atom. The highest BCUT2D eigenvalue weighted by molar-refractivity contribution is 4.91. The van der Waals surface area contributed by atoms with Crippen molar-refractivity contribution < 1.29 is 0 Å². The minimum atomic E-state index is 0.721. The summed E-state index contributed by atoms with van der Waals surface area (Å²) in [7, 11) is 0. The van der Waals surface area contributed by atoms with Gasteiger partial charge in [-0.05, 0) is 44.7 Å². The topological polar surface area (TPSA) is 39.1 Å². The number of hydrogen-bond acceptors (Lipinski definition) is 3. The van der Waals surface area contributed by atoms with Crippen molar-refractivity contribution in [1.82, 2.24) is 10.2 Å². The standard InChI is InChI=1S/C12H21N3/c13-6-2-1-3-8-15-9-11-5-4-7-14-12(11)10-15/h11-12,14H,1-5,7-10H2/t11-,12+/m0/s1. The number of hydrogen-bond donors (Lipinski definition) is 1. The lowest BCUT2D eigenvalue weighted by Crippen LogP contribution is -2.40. The van der Waals surface area contributed by atoms with Crippen LogP contribution in [0.5, 0.6) is 0 Å². The summed E-state index contributed by atoms with van der Waals surface area (Å²) in [5.41, 5.74) is 0. The molecule has 15 heavy (non-hydrogen) atoms. The first kappa shape index (κ1) is 10.9. The Bertz CT molecular complexity index is 220. The fourth-order valence-corrected chi connectivity index (χ4v) is 2.86. The number of piperidine rings is 1. The third-order valence-corrected chi connectivity index (χ3v) is 3.69. The summed E-state index contributed by atoms with van der Waals surface area (Å²) in [5, 5.41) is 12.1. The van der Waals surface area contributed by atoms with Gasteiger partial charge in [-0.15, -0.1) is 0 Å². The van der Waals surface area contributed by atoms with E-state index in [0.717, 1.165) is 24.8 Å². The molecule has 2 aliphatic rings. The fraction of sp³-hybridized carbons (Fsp3) is 0.917. The number of unbranched alkanes of at least 4 members (excludes halogenated alkanes) is 2. The molecule has 0 aliphatic carbocycles. The number of rotatable bonds is 4. The average molecular weight is 207 g/mol. The van der Waals surface area contributed by atoms with Crippen LogP contribution in [0.25, 0.3) is 0 Å². The predicted molar refractivity (Wildman–Crippen MR) is 60.4 cm³/mol. The first-order valence-electron chi connectivity index (χ1n) is 6.23. The lowest BCUT2D eigenvalue weighted by molar-refractivity contribution is 0.313. The van der Waals surface area contributed by atoms with E-state index in [4.69, 9.17) is 5.26 Å². The molecular formula is C12H21N3. The van der Waals surface area contributed by atoms with Crippen LogP contribution in [0.2, 0.25) is 0 Å². The van der Waals surface area contributed by atoms with Crippen molar-refractivity contribution in [2.24, 2.45) is 5.92 Å². The van der Waals surface area contributed by atoms with E-state index in [9.17, 15) is 0 Å². The summed E-state index contributed by atoms with van der Waals surface area (Å²) in [5.74, 6) is 0.898. The maximum absolute atomic E-state index is 8.45. The lowest BCUT2D eigenvalue weighted by Gasteiger charge is -2.24. The molecule has 3 nitrogen and oxygen atoms in total. The molecule has 0 amide bonds. The van der Waals surface area contributed by atoms with E-state index in [1.165, 1.54) is 45.4 Å². The molecule has 2 saturated heterocycles. The zero-order chi connectivity index (χ0) is 10.5. The highest BCUT2D eigenvalue weighted by atomic mass is 15.2. The third-order valence-electron chi connectivity index (χ3n) is 3.69. The Balaban J connectivity index is 1.66. The molecule has 0 saturated carbocycles.